The Labute approximate surface area is 245 Å². The van der Waals surface area contributed by atoms with Gasteiger partial charge in [0.1, 0.15) is 0 Å². The van der Waals surface area contributed by atoms with Gasteiger partial charge in [-0.1, -0.05) is 0 Å². The molecule has 1 amide bonds. The van der Waals surface area contributed by atoms with Crippen LogP contribution in [0.25, 0.3) is 0 Å². The van der Waals surface area contributed by atoms with E-state index in [2.05, 4.69) is 95.1 Å². The second-order valence-corrected chi connectivity index (χ2v) is 21.1. The molecule has 1 heterocycles. The molecule has 0 N–H and O–H groups in total. The van der Waals surface area contributed by atoms with E-state index in [-0.39, 0.29) is 36.2 Å². The Morgan fingerprint density at radius 1 is 0.805 bits per heavy atom. The van der Waals surface area contributed by atoms with Crippen molar-refractivity contribution in [3.05, 3.63) is 125 Å². The van der Waals surface area contributed by atoms with Crippen molar-refractivity contribution in [3.8, 4) is 5.75 Å². The topological polar surface area (TPSA) is 55.8 Å². The van der Waals surface area contributed by atoms with Crippen LogP contribution in [-0.2, 0) is 14.3 Å². The van der Waals surface area contributed by atoms with E-state index in [9.17, 15) is 9.59 Å². The van der Waals surface area contributed by atoms with Crippen molar-refractivity contribution in [1.82, 2.24) is 0 Å². The second-order valence-electron chi connectivity index (χ2n) is 10.7. The number of ether oxygens (including phenoxy) is 2. The molecule has 0 bridgehead atoms. The number of β-lactam (4-membered cyclic amide) rings is 1. The summed E-state index contributed by atoms with van der Waals surface area (Å²) in [6, 6.07) is 39.9. The van der Waals surface area contributed by atoms with Crippen LogP contribution in [0, 0.1) is 11.8 Å². The van der Waals surface area contributed by atoms with Crippen LogP contribution in [0.15, 0.2) is 125 Å². The summed E-state index contributed by atoms with van der Waals surface area (Å²) in [5.74, 6) is 0.321. The molecule has 6 heteroatoms. The second kappa shape index (κ2) is 11.6. The summed E-state index contributed by atoms with van der Waals surface area (Å²) in [6.45, 7) is 0. The Hall–Kier alpha value is -3.84. The van der Waals surface area contributed by atoms with Crippen LogP contribution >= 0.6 is 0 Å². The van der Waals surface area contributed by atoms with Gasteiger partial charge < -0.3 is 0 Å². The molecular weight excluding hydrogens is 617 g/mol. The van der Waals surface area contributed by atoms with Gasteiger partial charge in [0.05, 0.1) is 0 Å². The Morgan fingerprint density at radius 2 is 1.32 bits per heavy atom. The first-order valence-electron chi connectivity index (χ1n) is 14.0. The first kappa shape index (κ1) is 27.3. The molecule has 6 rings (SSSR count). The van der Waals surface area contributed by atoms with Crippen LogP contribution in [0.4, 0.5) is 5.69 Å². The van der Waals surface area contributed by atoms with Gasteiger partial charge in [0.15, 0.2) is 0 Å². The number of carbonyl (C=O) groups is 2. The van der Waals surface area contributed by atoms with Crippen LogP contribution in [0.3, 0.4) is 0 Å². The maximum atomic E-state index is 13.6. The fourth-order valence-electron chi connectivity index (χ4n) is 6.72. The molecule has 0 unspecified atom stereocenters. The third kappa shape index (κ3) is 4.86. The van der Waals surface area contributed by atoms with Crippen LogP contribution in [-0.4, -0.2) is 50.5 Å². The van der Waals surface area contributed by atoms with Crippen molar-refractivity contribution < 1.29 is 19.1 Å². The molecular formula is C35H33NO4Sn. The first-order valence-corrected chi connectivity index (χ1v) is 19.9. The van der Waals surface area contributed by atoms with Gasteiger partial charge in [-0.15, -0.1) is 0 Å². The van der Waals surface area contributed by atoms with Gasteiger partial charge in [-0.2, -0.15) is 0 Å². The number of carbonyl (C=O) groups excluding carboxylic acids is 2. The van der Waals surface area contributed by atoms with E-state index in [0.717, 1.165) is 11.4 Å². The van der Waals surface area contributed by atoms with Crippen molar-refractivity contribution in [2.24, 2.45) is 11.8 Å². The van der Waals surface area contributed by atoms with E-state index in [1.807, 2.05) is 29.2 Å². The normalized spacial score (nSPS) is 20.8. The quantitative estimate of drug-likeness (QED) is 0.163. The minimum absolute atomic E-state index is 0.0902. The summed E-state index contributed by atoms with van der Waals surface area (Å²) in [7, 11) is 3.07. The molecule has 0 spiro atoms. The van der Waals surface area contributed by atoms with Crippen molar-refractivity contribution in [2.75, 3.05) is 19.1 Å². The number of nitrogens with zero attached hydrogens (tertiary/aromatic N) is 1. The van der Waals surface area contributed by atoms with Gasteiger partial charge in [0.25, 0.3) is 0 Å². The molecule has 1 aliphatic carbocycles. The third-order valence-corrected chi connectivity index (χ3v) is 21.6. The molecule has 5 nitrogen and oxygen atoms in total. The summed E-state index contributed by atoms with van der Waals surface area (Å²) in [4.78, 5) is 28.3. The number of benzene rings is 4. The number of methoxy groups -OCH3 is 2. The molecule has 4 aromatic rings. The van der Waals surface area contributed by atoms with Crippen LogP contribution in [0.1, 0.15) is 12.8 Å². The average Bonchev–Trinajstić information content (AvgIpc) is 3.33. The Morgan fingerprint density at radius 3 is 1.78 bits per heavy atom. The predicted molar refractivity (Wildman–Crippen MR) is 165 cm³/mol. The van der Waals surface area contributed by atoms with E-state index in [1.165, 1.54) is 23.4 Å². The minimum atomic E-state index is -3.79. The number of hydrogen-bond acceptors (Lipinski definition) is 4. The Kier molecular flexibility index (Phi) is 7.71. The number of anilines is 1. The number of amides is 1. The van der Waals surface area contributed by atoms with Gasteiger partial charge in [-0.3, -0.25) is 0 Å². The first-order chi connectivity index (χ1) is 20.1. The summed E-state index contributed by atoms with van der Waals surface area (Å²) < 4.78 is 17.1. The van der Waals surface area contributed by atoms with E-state index >= 15 is 0 Å². The molecule has 2 fully saturated rings. The Balaban J connectivity index is 1.53. The van der Waals surface area contributed by atoms with E-state index in [0.29, 0.717) is 6.42 Å². The molecule has 2 aliphatic rings. The zero-order valence-electron chi connectivity index (χ0n) is 23.3. The van der Waals surface area contributed by atoms with E-state index in [4.69, 9.17) is 9.47 Å². The van der Waals surface area contributed by atoms with Gasteiger partial charge in [0.2, 0.25) is 0 Å². The standard InChI is InChI=1S/C17H18NO4.3C6H5.Sn/c1-10-8-14-16(13(10)9-15(19)22-3)18(17(14)20)11-4-6-12(21-2)7-5-11;3*1-2-4-6-5-3-1;/h1,4-7,13-14,16H,8-9H2,2-3H3;3*1-5H;/t13-,14-,16+;;;;/m0..../s1. The molecule has 3 atom stereocenters. The summed E-state index contributed by atoms with van der Waals surface area (Å²) in [5, 5.41) is 0. The van der Waals surface area contributed by atoms with Crippen molar-refractivity contribution in [1.29, 1.82) is 0 Å². The van der Waals surface area contributed by atoms with Gasteiger partial charge >= 0.3 is 246 Å². The molecule has 0 radical (unpaired) electrons. The molecule has 0 aromatic heterocycles. The number of esters is 1. The molecule has 4 aromatic carbocycles. The zero-order chi connectivity index (χ0) is 28.4. The average molecular weight is 650 g/mol. The molecule has 1 aliphatic heterocycles. The summed E-state index contributed by atoms with van der Waals surface area (Å²) >= 11 is -3.79. The van der Waals surface area contributed by atoms with E-state index in [1.54, 1.807) is 7.11 Å². The fourth-order valence-corrected chi connectivity index (χ4v) is 19.7. The number of fused-ring (bicyclic) bond motifs is 1. The van der Waals surface area contributed by atoms with Crippen molar-refractivity contribution in [2.45, 2.75) is 18.9 Å². The molecule has 1 saturated heterocycles. The summed E-state index contributed by atoms with van der Waals surface area (Å²) in [6.07, 6.45) is 0.896. The summed E-state index contributed by atoms with van der Waals surface area (Å²) in [5.41, 5.74) is 2.03. The molecule has 41 heavy (non-hydrogen) atoms. The SMILES string of the molecule is COC(=O)C[C@H]1/C(=[CH]/[Sn]([c]2ccccc2)([c]2ccccc2)[c]2ccccc2)C[C@@H]2C(=O)N(c3ccc(OC)cc3)[C@@H]21. The number of hydrogen-bond donors (Lipinski definition) is 0. The third-order valence-electron chi connectivity index (χ3n) is 8.66. The van der Waals surface area contributed by atoms with Crippen LogP contribution < -0.4 is 20.4 Å². The van der Waals surface area contributed by atoms with Gasteiger partial charge in [-0.05, 0) is 0 Å². The predicted octanol–water partition coefficient (Wildman–Crippen LogP) is 4.25. The monoisotopic (exact) mass is 651 g/mol. The maximum absolute atomic E-state index is 13.6. The Bertz CT molecular complexity index is 1460. The van der Waals surface area contributed by atoms with Crippen molar-refractivity contribution >= 4 is 46.7 Å². The van der Waals surface area contributed by atoms with Crippen LogP contribution in [0.2, 0.25) is 0 Å². The van der Waals surface area contributed by atoms with E-state index < -0.39 is 18.4 Å². The molecule has 206 valence electrons. The number of rotatable bonds is 8. The zero-order valence-corrected chi connectivity index (χ0v) is 26.1. The molecule has 1 saturated carbocycles. The fraction of sp³-hybridized carbons (Fsp3) is 0.200. The van der Waals surface area contributed by atoms with Gasteiger partial charge in [0, 0.05) is 0 Å². The van der Waals surface area contributed by atoms with Crippen molar-refractivity contribution in [3.63, 3.8) is 0 Å². The van der Waals surface area contributed by atoms with Gasteiger partial charge in [-0.25, -0.2) is 0 Å². The van der Waals surface area contributed by atoms with Crippen LogP contribution in [0.5, 0.6) is 5.75 Å².